The van der Waals surface area contributed by atoms with Gasteiger partial charge >= 0.3 is 0 Å². The number of nitrogen functional groups attached to an aromatic ring is 1. The monoisotopic (exact) mass is 207 g/mol. The zero-order valence-corrected chi connectivity index (χ0v) is 8.41. The smallest absolute Gasteiger partial charge is 0.127 e. The van der Waals surface area contributed by atoms with E-state index in [1.807, 2.05) is 13.0 Å². The van der Waals surface area contributed by atoms with Crippen molar-refractivity contribution in [3.8, 4) is 0 Å². The van der Waals surface area contributed by atoms with Crippen molar-refractivity contribution in [3.05, 3.63) is 30.5 Å². The van der Waals surface area contributed by atoms with E-state index in [0.29, 0.717) is 5.82 Å². The van der Waals surface area contributed by atoms with Crippen LogP contribution in [0.5, 0.6) is 0 Å². The summed E-state index contributed by atoms with van der Waals surface area (Å²) in [4.78, 5) is 8.95. The Labute approximate surface area is 85.6 Å². The molecule has 5 heteroatoms. The van der Waals surface area contributed by atoms with Gasteiger partial charge in [0.25, 0.3) is 0 Å². The van der Waals surface area contributed by atoms with Gasteiger partial charge in [-0.25, -0.2) is 9.97 Å². The molecule has 2 N–H and O–H groups in total. The van der Waals surface area contributed by atoms with Gasteiger partial charge in [0.2, 0.25) is 0 Å². The van der Waals surface area contributed by atoms with Crippen molar-refractivity contribution in [2.75, 3.05) is 5.73 Å². The minimum Gasteiger partial charge on any atom is -0.468 e. The van der Waals surface area contributed by atoms with E-state index in [1.165, 1.54) is 18.1 Å². The van der Waals surface area contributed by atoms with Gasteiger partial charge in [0.05, 0.1) is 11.2 Å². The lowest BCUT2D eigenvalue weighted by atomic mass is 10.5. The van der Waals surface area contributed by atoms with E-state index in [4.69, 9.17) is 10.2 Å². The summed E-state index contributed by atoms with van der Waals surface area (Å²) >= 11 is 1.51. The Balaban J connectivity index is 2.23. The van der Waals surface area contributed by atoms with Crippen LogP contribution in [0.25, 0.3) is 0 Å². The maximum atomic E-state index is 5.54. The molecule has 0 saturated heterocycles. The third-order valence-corrected chi connectivity index (χ3v) is 2.76. The number of hydrogen-bond donors (Lipinski definition) is 1. The highest BCUT2D eigenvalue weighted by molar-refractivity contribution is 7.99. The van der Waals surface area contributed by atoms with Crippen LogP contribution in [0.1, 0.15) is 5.76 Å². The second-order valence-corrected chi connectivity index (χ2v) is 3.79. The molecule has 2 rings (SSSR count). The lowest BCUT2D eigenvalue weighted by Crippen LogP contribution is -1.91. The Morgan fingerprint density at radius 3 is 2.93 bits per heavy atom. The molecule has 0 aliphatic heterocycles. The molecule has 2 aromatic rings. The van der Waals surface area contributed by atoms with Gasteiger partial charge in [-0.15, -0.1) is 0 Å². The lowest BCUT2D eigenvalue weighted by Gasteiger charge is -1.98. The summed E-state index contributed by atoms with van der Waals surface area (Å²) in [6.07, 6.45) is 3.11. The summed E-state index contributed by atoms with van der Waals surface area (Å²) in [6.45, 7) is 1.91. The molecule has 0 saturated carbocycles. The van der Waals surface area contributed by atoms with Crippen LogP contribution in [0.2, 0.25) is 0 Å². The predicted molar refractivity (Wildman–Crippen MR) is 54.0 cm³/mol. The number of hydrogen-bond acceptors (Lipinski definition) is 5. The fraction of sp³-hybridized carbons (Fsp3) is 0.111. The molecule has 0 atom stereocenters. The zero-order chi connectivity index (χ0) is 9.97. The van der Waals surface area contributed by atoms with Crippen LogP contribution in [0.3, 0.4) is 0 Å². The molecule has 72 valence electrons. The van der Waals surface area contributed by atoms with Gasteiger partial charge in [-0.3, -0.25) is 0 Å². The highest BCUT2D eigenvalue weighted by Crippen LogP contribution is 2.29. The molecule has 0 aliphatic carbocycles. The topological polar surface area (TPSA) is 64.9 Å². The van der Waals surface area contributed by atoms with Crippen LogP contribution < -0.4 is 5.73 Å². The van der Waals surface area contributed by atoms with Crippen LogP contribution in [-0.4, -0.2) is 9.97 Å². The maximum absolute atomic E-state index is 5.54. The molecular weight excluding hydrogens is 198 g/mol. The molecule has 0 unspecified atom stereocenters. The molecule has 14 heavy (non-hydrogen) atoms. The molecule has 0 aromatic carbocycles. The zero-order valence-electron chi connectivity index (χ0n) is 7.60. The van der Waals surface area contributed by atoms with Gasteiger partial charge in [-0.2, -0.15) is 0 Å². The van der Waals surface area contributed by atoms with Gasteiger partial charge < -0.3 is 10.2 Å². The van der Waals surface area contributed by atoms with Gasteiger partial charge in [-0.05, 0) is 13.0 Å². The van der Waals surface area contributed by atoms with E-state index in [-0.39, 0.29) is 0 Å². The molecule has 0 radical (unpaired) electrons. The number of furan rings is 1. The van der Waals surface area contributed by atoms with Crippen molar-refractivity contribution in [1.82, 2.24) is 9.97 Å². The van der Waals surface area contributed by atoms with E-state index in [2.05, 4.69) is 9.97 Å². The molecule has 4 nitrogen and oxygen atoms in total. The Morgan fingerprint density at radius 1 is 1.43 bits per heavy atom. The first-order valence-corrected chi connectivity index (χ1v) is 4.87. The highest BCUT2D eigenvalue weighted by atomic mass is 32.2. The molecular formula is C9H9N3OS. The Kier molecular flexibility index (Phi) is 2.41. The predicted octanol–water partition coefficient (Wildman–Crippen LogP) is 2.11. The van der Waals surface area contributed by atoms with E-state index in [0.717, 1.165) is 15.7 Å². The minimum atomic E-state index is 0.476. The summed E-state index contributed by atoms with van der Waals surface area (Å²) in [7, 11) is 0. The second kappa shape index (κ2) is 3.71. The first-order chi connectivity index (χ1) is 6.75. The standard InChI is InChI=1S/C9H9N3OS/c1-6-7(2-3-13-6)14-9-4-8(10)11-5-12-9/h2-5H,1H3,(H2,10,11,12). The summed E-state index contributed by atoms with van der Waals surface area (Å²) in [5.41, 5.74) is 5.54. The SMILES string of the molecule is Cc1occc1Sc1cc(N)ncn1. The van der Waals surface area contributed by atoms with Crippen molar-refractivity contribution in [1.29, 1.82) is 0 Å². The van der Waals surface area contributed by atoms with Crippen LogP contribution in [0, 0.1) is 6.92 Å². The molecule has 0 fully saturated rings. The molecule has 0 spiro atoms. The first kappa shape index (κ1) is 9.08. The average molecular weight is 207 g/mol. The Morgan fingerprint density at radius 2 is 2.29 bits per heavy atom. The van der Waals surface area contributed by atoms with Gasteiger partial charge in [-0.1, -0.05) is 11.8 Å². The van der Waals surface area contributed by atoms with E-state index < -0.39 is 0 Å². The number of nitrogens with zero attached hydrogens (tertiary/aromatic N) is 2. The summed E-state index contributed by atoms with van der Waals surface area (Å²) in [6, 6.07) is 3.63. The van der Waals surface area contributed by atoms with Crippen molar-refractivity contribution in [3.63, 3.8) is 0 Å². The van der Waals surface area contributed by atoms with Crippen molar-refractivity contribution < 1.29 is 4.42 Å². The molecule has 2 heterocycles. The maximum Gasteiger partial charge on any atom is 0.127 e. The van der Waals surface area contributed by atoms with Crippen molar-refractivity contribution in [2.45, 2.75) is 16.8 Å². The first-order valence-electron chi connectivity index (χ1n) is 4.05. The minimum absolute atomic E-state index is 0.476. The highest BCUT2D eigenvalue weighted by Gasteiger charge is 2.04. The summed E-state index contributed by atoms with van der Waals surface area (Å²) in [5.74, 6) is 1.36. The van der Waals surface area contributed by atoms with Crippen molar-refractivity contribution >= 4 is 17.6 Å². The van der Waals surface area contributed by atoms with Crippen molar-refractivity contribution in [2.24, 2.45) is 0 Å². The largest absolute Gasteiger partial charge is 0.468 e. The average Bonchev–Trinajstić information content (AvgIpc) is 2.52. The number of aryl methyl sites for hydroxylation is 1. The van der Waals surface area contributed by atoms with E-state index in [9.17, 15) is 0 Å². The molecule has 0 bridgehead atoms. The van der Waals surface area contributed by atoms with Crippen LogP contribution in [-0.2, 0) is 0 Å². The van der Waals surface area contributed by atoms with Crippen LogP contribution >= 0.6 is 11.8 Å². The Hall–Kier alpha value is -1.49. The quantitative estimate of drug-likeness (QED) is 0.764. The second-order valence-electron chi connectivity index (χ2n) is 2.72. The molecule has 0 amide bonds. The normalized spacial score (nSPS) is 10.4. The van der Waals surface area contributed by atoms with Crippen LogP contribution in [0.15, 0.2) is 39.1 Å². The summed E-state index contributed by atoms with van der Waals surface area (Å²) in [5, 5.41) is 0.821. The molecule has 0 aliphatic rings. The Bertz CT molecular complexity index is 441. The third-order valence-electron chi connectivity index (χ3n) is 1.69. The molecule has 2 aromatic heterocycles. The van der Waals surface area contributed by atoms with E-state index >= 15 is 0 Å². The fourth-order valence-electron chi connectivity index (χ4n) is 1.00. The number of anilines is 1. The van der Waals surface area contributed by atoms with Gasteiger partial charge in [0.1, 0.15) is 22.9 Å². The third kappa shape index (κ3) is 1.88. The van der Waals surface area contributed by atoms with Crippen LogP contribution in [0.4, 0.5) is 5.82 Å². The fourth-order valence-corrected chi connectivity index (χ4v) is 1.82. The number of aromatic nitrogens is 2. The van der Waals surface area contributed by atoms with E-state index in [1.54, 1.807) is 12.3 Å². The number of rotatable bonds is 2. The van der Waals surface area contributed by atoms with Gasteiger partial charge in [0, 0.05) is 6.07 Å². The number of nitrogens with two attached hydrogens (primary N) is 1. The van der Waals surface area contributed by atoms with Gasteiger partial charge in [0.15, 0.2) is 0 Å². The lowest BCUT2D eigenvalue weighted by molar-refractivity contribution is 0.527. The summed E-state index contributed by atoms with van der Waals surface area (Å²) < 4.78 is 5.17.